The molecule has 0 radical (unpaired) electrons. The van der Waals surface area contributed by atoms with Crippen LogP contribution in [-0.2, 0) is 33.7 Å². The van der Waals surface area contributed by atoms with Crippen LogP contribution in [0.3, 0.4) is 0 Å². The van der Waals surface area contributed by atoms with Crippen molar-refractivity contribution in [1.29, 1.82) is 0 Å². The summed E-state index contributed by atoms with van der Waals surface area (Å²) >= 11 is 0. The van der Waals surface area contributed by atoms with Crippen LogP contribution in [0.25, 0.3) is 0 Å². The first-order valence-electron chi connectivity index (χ1n) is 9.39. The van der Waals surface area contributed by atoms with Crippen LogP contribution in [-0.4, -0.2) is 64.6 Å². The van der Waals surface area contributed by atoms with E-state index < -0.39 is 16.3 Å². The van der Waals surface area contributed by atoms with E-state index in [-0.39, 0.29) is 24.4 Å². The molecule has 0 bridgehead atoms. The van der Waals surface area contributed by atoms with Crippen molar-refractivity contribution < 1.29 is 32.1 Å². The first-order chi connectivity index (χ1) is 13.1. The Hall–Kier alpha value is -1.07. The molecule has 5 aliphatic rings. The Bertz CT molecular complexity index is 835. The number of nitrogens with zero attached hydrogens (tertiary/aromatic N) is 1. The van der Waals surface area contributed by atoms with E-state index in [4.69, 9.17) is 23.7 Å². The average Bonchev–Trinajstić information content (AvgIpc) is 3.45. The lowest BCUT2D eigenvalue weighted by molar-refractivity contribution is -0.113. The smallest absolute Gasteiger partial charge is 0.246 e. The van der Waals surface area contributed by atoms with Gasteiger partial charge in [0.2, 0.25) is 10.0 Å². The molecule has 9 heteroatoms. The van der Waals surface area contributed by atoms with Crippen molar-refractivity contribution in [3.05, 3.63) is 28.8 Å². The summed E-state index contributed by atoms with van der Waals surface area (Å²) in [4.78, 5) is 0.327. The third-order valence-electron chi connectivity index (χ3n) is 5.58. The SMILES string of the molecule is O=S(=O)(c1c(C2CO2)cc(C2CO2)cc1C1CO1)N(CC1CO1)C1CCO1. The van der Waals surface area contributed by atoms with Crippen molar-refractivity contribution in [2.24, 2.45) is 0 Å². The van der Waals surface area contributed by atoms with Crippen LogP contribution in [0, 0.1) is 0 Å². The Balaban J connectivity index is 1.47. The number of hydrogen-bond donors (Lipinski definition) is 0. The number of sulfonamides is 1. The first-order valence-corrected chi connectivity index (χ1v) is 10.8. The summed E-state index contributed by atoms with van der Waals surface area (Å²) in [6, 6.07) is 3.86. The first kappa shape index (κ1) is 16.8. The van der Waals surface area contributed by atoms with Crippen LogP contribution < -0.4 is 0 Å². The van der Waals surface area contributed by atoms with Crippen molar-refractivity contribution in [1.82, 2.24) is 4.31 Å². The molecule has 5 fully saturated rings. The molecular weight excluding hydrogens is 374 g/mol. The summed E-state index contributed by atoms with van der Waals surface area (Å²) < 4.78 is 56.3. The highest BCUT2D eigenvalue weighted by Gasteiger charge is 2.46. The molecule has 1 aromatic rings. The molecular formula is C18H21NO7S. The molecule has 5 saturated heterocycles. The van der Waals surface area contributed by atoms with E-state index in [2.05, 4.69) is 0 Å². The highest BCUT2D eigenvalue weighted by atomic mass is 32.2. The second-order valence-electron chi connectivity index (χ2n) is 7.64. The zero-order chi connectivity index (χ0) is 18.2. The van der Waals surface area contributed by atoms with Crippen LogP contribution in [0.5, 0.6) is 0 Å². The Kier molecular flexibility index (Phi) is 3.72. The lowest BCUT2D eigenvalue weighted by Crippen LogP contribution is -2.49. The van der Waals surface area contributed by atoms with Gasteiger partial charge in [0.1, 0.15) is 24.5 Å². The van der Waals surface area contributed by atoms with E-state index in [1.807, 2.05) is 12.1 Å². The monoisotopic (exact) mass is 395 g/mol. The molecule has 5 heterocycles. The highest BCUT2D eigenvalue weighted by Crippen LogP contribution is 2.46. The molecule has 0 saturated carbocycles. The zero-order valence-corrected chi connectivity index (χ0v) is 15.5. The molecule has 146 valence electrons. The van der Waals surface area contributed by atoms with E-state index in [1.165, 1.54) is 4.31 Å². The van der Waals surface area contributed by atoms with Crippen molar-refractivity contribution >= 4 is 10.0 Å². The van der Waals surface area contributed by atoms with Crippen LogP contribution in [0.4, 0.5) is 0 Å². The highest BCUT2D eigenvalue weighted by molar-refractivity contribution is 7.89. The predicted octanol–water partition coefficient (Wildman–Crippen LogP) is 1.04. The summed E-state index contributed by atoms with van der Waals surface area (Å²) in [5, 5.41) is 0. The molecule has 5 aliphatic heterocycles. The minimum Gasteiger partial charge on any atom is -0.372 e. The minimum absolute atomic E-state index is 0.0442. The van der Waals surface area contributed by atoms with Gasteiger partial charge in [-0.2, -0.15) is 4.31 Å². The van der Waals surface area contributed by atoms with Gasteiger partial charge in [0, 0.05) is 24.1 Å². The van der Waals surface area contributed by atoms with Crippen LogP contribution in [0.2, 0.25) is 0 Å². The van der Waals surface area contributed by atoms with Gasteiger partial charge in [0.15, 0.2) is 0 Å². The van der Waals surface area contributed by atoms with Gasteiger partial charge < -0.3 is 23.7 Å². The quantitative estimate of drug-likeness (QED) is 0.607. The van der Waals surface area contributed by atoms with Gasteiger partial charge in [-0.3, -0.25) is 0 Å². The number of rotatable bonds is 8. The van der Waals surface area contributed by atoms with Gasteiger partial charge in [-0.05, 0) is 17.7 Å². The molecule has 1 aromatic carbocycles. The van der Waals surface area contributed by atoms with E-state index in [0.717, 1.165) is 16.7 Å². The molecule has 6 rings (SSSR count). The fourth-order valence-electron chi connectivity index (χ4n) is 3.67. The van der Waals surface area contributed by atoms with Gasteiger partial charge in [-0.15, -0.1) is 0 Å². The summed E-state index contributed by atoms with van der Waals surface area (Å²) in [5.74, 6) is 0. The maximum absolute atomic E-state index is 13.8. The van der Waals surface area contributed by atoms with Gasteiger partial charge in [0.25, 0.3) is 0 Å². The number of epoxide rings is 4. The zero-order valence-electron chi connectivity index (χ0n) is 14.7. The lowest BCUT2D eigenvalue weighted by Gasteiger charge is -2.36. The van der Waals surface area contributed by atoms with Crippen molar-refractivity contribution in [3.63, 3.8) is 0 Å². The molecule has 0 spiro atoms. The fourth-order valence-corrected chi connectivity index (χ4v) is 5.72. The second kappa shape index (κ2) is 5.96. The number of hydrogen-bond acceptors (Lipinski definition) is 7. The largest absolute Gasteiger partial charge is 0.372 e. The topological polar surface area (TPSA) is 96.7 Å². The van der Waals surface area contributed by atoms with E-state index in [1.54, 1.807) is 0 Å². The molecule has 0 N–H and O–H groups in total. The Morgan fingerprint density at radius 2 is 1.44 bits per heavy atom. The maximum Gasteiger partial charge on any atom is 0.246 e. The average molecular weight is 395 g/mol. The summed E-state index contributed by atoms with van der Waals surface area (Å²) in [6.45, 7) is 3.23. The van der Waals surface area contributed by atoms with Gasteiger partial charge >= 0.3 is 0 Å². The standard InChI is InChI=1S/C18H21NO7S/c20-27(21,19(5-11-6-23-11)17-1-2-22-17)18-12(15-8-25-15)3-10(14-7-24-14)4-13(18)16-9-26-16/h3-4,11,14-17H,1-2,5-9H2. The van der Waals surface area contributed by atoms with E-state index in [0.29, 0.717) is 50.9 Å². The molecule has 0 aliphatic carbocycles. The Labute approximate surface area is 157 Å². The second-order valence-corrected chi connectivity index (χ2v) is 9.47. The lowest BCUT2D eigenvalue weighted by atomic mass is 10.00. The number of ether oxygens (including phenoxy) is 5. The fraction of sp³-hybridized carbons (Fsp3) is 0.667. The third-order valence-corrected chi connectivity index (χ3v) is 7.57. The van der Waals surface area contributed by atoms with Crippen molar-refractivity contribution in [3.8, 4) is 0 Å². The Morgan fingerprint density at radius 3 is 1.85 bits per heavy atom. The van der Waals surface area contributed by atoms with Gasteiger partial charge in [-0.1, -0.05) is 0 Å². The summed E-state index contributed by atoms with van der Waals surface area (Å²) in [6.07, 6.45) is -0.108. The van der Waals surface area contributed by atoms with Crippen molar-refractivity contribution in [2.45, 2.75) is 42.0 Å². The van der Waals surface area contributed by atoms with Crippen LogP contribution in [0.15, 0.2) is 17.0 Å². The molecule has 5 atom stereocenters. The Morgan fingerprint density at radius 1 is 0.889 bits per heavy atom. The molecule has 27 heavy (non-hydrogen) atoms. The van der Waals surface area contributed by atoms with Crippen molar-refractivity contribution in [2.75, 3.05) is 39.6 Å². The summed E-state index contributed by atoms with van der Waals surface area (Å²) in [5.41, 5.74) is 2.44. The molecule has 5 unspecified atom stereocenters. The normalized spacial score (nSPS) is 36.4. The van der Waals surface area contributed by atoms with Crippen LogP contribution in [0.1, 0.15) is 41.4 Å². The number of benzene rings is 1. The van der Waals surface area contributed by atoms with Gasteiger partial charge in [-0.25, -0.2) is 8.42 Å². The maximum atomic E-state index is 13.8. The predicted molar refractivity (Wildman–Crippen MR) is 90.5 cm³/mol. The molecule has 0 amide bonds. The van der Waals surface area contributed by atoms with Crippen LogP contribution >= 0.6 is 0 Å². The summed E-state index contributed by atoms with van der Waals surface area (Å²) in [7, 11) is -3.78. The third kappa shape index (κ3) is 3.11. The minimum atomic E-state index is -3.78. The van der Waals surface area contributed by atoms with Gasteiger partial charge in [0.05, 0.1) is 44.0 Å². The van der Waals surface area contributed by atoms with E-state index in [9.17, 15) is 8.42 Å². The molecule has 8 nitrogen and oxygen atoms in total. The molecule has 0 aromatic heterocycles. The van der Waals surface area contributed by atoms with E-state index >= 15 is 0 Å².